The molecule has 0 aromatic heterocycles. The molecule has 1 aromatic rings. The number of rotatable bonds is 5. The first kappa shape index (κ1) is 24.1. The van der Waals surface area contributed by atoms with Gasteiger partial charge in [0.05, 0.1) is 12.1 Å². The number of cyclic esters (lactones) is 1. The van der Waals surface area contributed by atoms with E-state index in [0.717, 1.165) is 6.07 Å². The molecule has 184 valence electrons. The van der Waals surface area contributed by atoms with E-state index in [4.69, 9.17) is 0 Å². The second-order valence-corrected chi connectivity index (χ2v) is 8.09. The number of anilines is 2. The minimum Gasteiger partial charge on any atom is -0.415 e. The number of carbonyl (C=O) groups excluding carboxylic acids is 5. The van der Waals surface area contributed by atoms with E-state index >= 15 is 0 Å². The highest BCUT2D eigenvalue weighted by Crippen LogP contribution is 2.48. The SMILES string of the molecule is O=C(CCC(=O)ON1C(=O)CCC1=O)Nc1ccc2c(c1)C(C#CC1CC1)(C(F)(F)F)OC(=O)N2. The van der Waals surface area contributed by atoms with E-state index in [2.05, 4.69) is 32.0 Å². The molecule has 0 bridgehead atoms. The molecule has 0 spiro atoms. The fourth-order valence-electron chi connectivity index (χ4n) is 3.40. The molecule has 0 radical (unpaired) electrons. The highest BCUT2D eigenvalue weighted by Gasteiger charge is 2.62. The summed E-state index contributed by atoms with van der Waals surface area (Å²) in [5.41, 5.74) is -3.95. The zero-order valence-electron chi connectivity index (χ0n) is 18.0. The summed E-state index contributed by atoms with van der Waals surface area (Å²) in [6.45, 7) is 0. The average molecular weight is 493 g/mol. The second kappa shape index (κ2) is 8.94. The summed E-state index contributed by atoms with van der Waals surface area (Å²) in [6, 6.07) is 3.42. The number of hydrogen-bond acceptors (Lipinski definition) is 7. The van der Waals surface area contributed by atoms with Crippen LogP contribution in [0.15, 0.2) is 18.2 Å². The van der Waals surface area contributed by atoms with E-state index in [1.54, 1.807) is 0 Å². The van der Waals surface area contributed by atoms with Crippen molar-refractivity contribution in [2.24, 2.45) is 5.92 Å². The third kappa shape index (κ3) is 5.06. The summed E-state index contributed by atoms with van der Waals surface area (Å²) in [7, 11) is 0. The monoisotopic (exact) mass is 493 g/mol. The van der Waals surface area contributed by atoms with Gasteiger partial charge in [0.15, 0.2) is 0 Å². The third-order valence-electron chi connectivity index (χ3n) is 5.35. The molecule has 2 heterocycles. The molecule has 1 atom stereocenters. The van der Waals surface area contributed by atoms with E-state index in [1.807, 2.05) is 0 Å². The predicted molar refractivity (Wildman–Crippen MR) is 110 cm³/mol. The molecule has 4 amide bonds. The number of carbonyl (C=O) groups is 5. The Morgan fingerprint density at radius 3 is 2.49 bits per heavy atom. The standard InChI is InChI=1S/C22H18F3N3O7/c23-22(24,25)21(10-9-12-1-2-12)14-11-13(3-4-15(14)27-20(33)34-21)26-16(29)5-8-19(32)35-28-17(30)6-7-18(28)31/h3-4,11-12H,1-2,5-8H2,(H,26,29)(H,27,33). The summed E-state index contributed by atoms with van der Waals surface area (Å²) < 4.78 is 47.1. The maximum atomic E-state index is 14.1. The van der Waals surface area contributed by atoms with E-state index in [0.29, 0.717) is 17.9 Å². The van der Waals surface area contributed by atoms with Crippen LogP contribution in [0.4, 0.5) is 29.3 Å². The van der Waals surface area contributed by atoms with Crippen LogP contribution in [0.5, 0.6) is 0 Å². The van der Waals surface area contributed by atoms with E-state index < -0.39 is 60.0 Å². The number of imide groups is 1. The fraction of sp³-hybridized carbons (Fsp3) is 0.409. The maximum Gasteiger partial charge on any atom is 0.445 e. The minimum absolute atomic E-state index is 0.0615. The zero-order valence-corrected chi connectivity index (χ0v) is 18.0. The summed E-state index contributed by atoms with van der Waals surface area (Å²) in [5.74, 6) is 1.29. The highest BCUT2D eigenvalue weighted by atomic mass is 19.4. The first-order valence-corrected chi connectivity index (χ1v) is 10.6. The van der Waals surface area contributed by atoms with Crippen LogP contribution in [0.25, 0.3) is 0 Å². The van der Waals surface area contributed by atoms with Crippen molar-refractivity contribution >= 4 is 41.2 Å². The number of hydrogen-bond donors (Lipinski definition) is 2. The molecule has 10 nitrogen and oxygen atoms in total. The predicted octanol–water partition coefficient (Wildman–Crippen LogP) is 2.75. The van der Waals surface area contributed by atoms with Gasteiger partial charge >= 0.3 is 18.2 Å². The first-order chi connectivity index (χ1) is 16.5. The van der Waals surface area contributed by atoms with Gasteiger partial charge in [-0.05, 0) is 37.0 Å². The van der Waals surface area contributed by atoms with Gasteiger partial charge in [-0.15, -0.1) is 5.06 Å². The Morgan fingerprint density at radius 2 is 1.86 bits per heavy atom. The molecule has 13 heteroatoms. The molecule has 2 aliphatic heterocycles. The molecule has 2 N–H and O–H groups in total. The van der Waals surface area contributed by atoms with E-state index in [1.165, 1.54) is 12.1 Å². The normalized spacial score (nSPS) is 21.3. The Balaban J connectivity index is 1.48. The van der Waals surface area contributed by atoms with Gasteiger partial charge in [0.25, 0.3) is 17.4 Å². The van der Waals surface area contributed by atoms with Crippen molar-refractivity contribution in [3.63, 3.8) is 0 Å². The van der Waals surface area contributed by atoms with Crippen LogP contribution in [-0.4, -0.2) is 41.0 Å². The van der Waals surface area contributed by atoms with Gasteiger partial charge in [-0.1, -0.05) is 5.92 Å². The van der Waals surface area contributed by atoms with Gasteiger partial charge in [-0.2, -0.15) is 13.2 Å². The molecular formula is C22H18F3N3O7. The molecule has 4 rings (SSSR count). The van der Waals surface area contributed by atoms with Crippen molar-refractivity contribution < 1.29 is 46.7 Å². The van der Waals surface area contributed by atoms with Gasteiger partial charge in [-0.25, -0.2) is 9.59 Å². The van der Waals surface area contributed by atoms with Crippen LogP contribution in [0.2, 0.25) is 0 Å². The van der Waals surface area contributed by atoms with Gasteiger partial charge in [0, 0.05) is 36.4 Å². The van der Waals surface area contributed by atoms with Crippen molar-refractivity contribution in [1.82, 2.24) is 5.06 Å². The minimum atomic E-state index is -5.07. The van der Waals surface area contributed by atoms with Crippen LogP contribution < -0.4 is 10.6 Å². The van der Waals surface area contributed by atoms with Crippen molar-refractivity contribution in [3.8, 4) is 11.8 Å². The Morgan fingerprint density at radius 1 is 1.17 bits per heavy atom. The summed E-state index contributed by atoms with van der Waals surface area (Å²) >= 11 is 0. The van der Waals surface area contributed by atoms with Gasteiger partial charge in [-0.3, -0.25) is 19.7 Å². The molecular weight excluding hydrogens is 475 g/mol. The summed E-state index contributed by atoms with van der Waals surface area (Å²) in [5, 5.41) is 4.89. The molecule has 1 aliphatic carbocycles. The van der Waals surface area contributed by atoms with Crippen molar-refractivity contribution in [2.75, 3.05) is 10.6 Å². The number of hydroxylamine groups is 2. The van der Waals surface area contributed by atoms with E-state index in [9.17, 15) is 37.1 Å². The van der Waals surface area contributed by atoms with Crippen molar-refractivity contribution in [3.05, 3.63) is 23.8 Å². The lowest BCUT2D eigenvalue weighted by Crippen LogP contribution is -2.49. The Kier molecular flexibility index (Phi) is 6.14. The molecule has 1 aromatic carbocycles. The van der Waals surface area contributed by atoms with Gasteiger partial charge in [0.1, 0.15) is 0 Å². The number of amides is 4. The van der Waals surface area contributed by atoms with Crippen molar-refractivity contribution in [1.29, 1.82) is 0 Å². The Bertz CT molecular complexity index is 1170. The summed E-state index contributed by atoms with van der Waals surface area (Å²) in [6.07, 6.45) is -6.18. The van der Waals surface area contributed by atoms with Gasteiger partial charge in [0.2, 0.25) is 5.91 Å². The fourth-order valence-corrected chi connectivity index (χ4v) is 3.40. The molecule has 2 fully saturated rings. The smallest absolute Gasteiger partial charge is 0.415 e. The average Bonchev–Trinajstić information content (AvgIpc) is 3.56. The van der Waals surface area contributed by atoms with Crippen molar-refractivity contribution in [2.45, 2.75) is 50.3 Å². The van der Waals surface area contributed by atoms with Crippen LogP contribution in [0, 0.1) is 17.8 Å². The number of benzene rings is 1. The first-order valence-electron chi connectivity index (χ1n) is 10.6. The topological polar surface area (TPSA) is 131 Å². The van der Waals surface area contributed by atoms with Crippen LogP contribution in [0.1, 0.15) is 44.1 Å². The lowest BCUT2D eigenvalue weighted by atomic mass is 9.89. The molecule has 35 heavy (non-hydrogen) atoms. The largest absolute Gasteiger partial charge is 0.445 e. The van der Waals surface area contributed by atoms with Gasteiger partial charge < -0.3 is 14.9 Å². The number of nitrogens with zero attached hydrogens (tertiary/aromatic N) is 1. The number of ether oxygens (including phenoxy) is 1. The highest BCUT2D eigenvalue weighted by molar-refractivity contribution is 6.02. The lowest BCUT2D eigenvalue weighted by Gasteiger charge is -2.36. The maximum absolute atomic E-state index is 14.1. The number of alkyl halides is 3. The third-order valence-corrected chi connectivity index (χ3v) is 5.35. The number of nitrogens with one attached hydrogen (secondary N) is 2. The van der Waals surface area contributed by atoms with Crippen LogP contribution in [0.3, 0.4) is 0 Å². The Labute approximate surface area is 196 Å². The molecule has 1 saturated heterocycles. The van der Waals surface area contributed by atoms with E-state index in [-0.39, 0.29) is 30.1 Å². The van der Waals surface area contributed by atoms with Crippen LogP contribution in [-0.2, 0) is 34.4 Å². The lowest BCUT2D eigenvalue weighted by molar-refractivity contribution is -0.239. The zero-order chi connectivity index (χ0) is 25.4. The molecule has 3 aliphatic rings. The van der Waals surface area contributed by atoms with Crippen LogP contribution >= 0.6 is 0 Å². The molecule has 1 unspecified atom stereocenters. The number of fused-ring (bicyclic) bond motifs is 1. The Hall–Kier alpha value is -4.08. The summed E-state index contributed by atoms with van der Waals surface area (Å²) in [4.78, 5) is 63.6. The number of halogens is 3. The quantitative estimate of drug-likeness (QED) is 0.476. The second-order valence-electron chi connectivity index (χ2n) is 8.09. The molecule has 1 saturated carbocycles.